The Morgan fingerprint density at radius 2 is 1.96 bits per heavy atom. The Morgan fingerprint density at radius 1 is 1.18 bits per heavy atom. The Hall–Kier alpha value is -2.38. The molecule has 1 aliphatic heterocycles. The molecule has 6 nitrogen and oxygen atoms in total. The fourth-order valence-corrected chi connectivity index (χ4v) is 3.26. The SMILES string of the molecule is CCCOc1ccc(Br)cc1C(=O)Nc1cccc(C(=O)N2CCOCC2)c1. The van der Waals surface area contributed by atoms with Crippen molar-refractivity contribution in [2.45, 2.75) is 13.3 Å². The molecule has 0 saturated carbocycles. The number of nitrogens with zero attached hydrogens (tertiary/aromatic N) is 1. The molecule has 0 unspecified atom stereocenters. The first-order valence-corrected chi connectivity index (χ1v) is 10.1. The van der Waals surface area contributed by atoms with E-state index in [1.54, 1.807) is 41.3 Å². The Bertz CT molecular complexity index is 850. The van der Waals surface area contributed by atoms with Crippen molar-refractivity contribution in [3.8, 4) is 5.75 Å². The van der Waals surface area contributed by atoms with Crippen molar-refractivity contribution in [2.75, 3.05) is 38.2 Å². The van der Waals surface area contributed by atoms with E-state index in [9.17, 15) is 9.59 Å². The third-order valence-corrected chi connectivity index (χ3v) is 4.81. The summed E-state index contributed by atoms with van der Waals surface area (Å²) in [5.41, 5.74) is 1.54. The first-order chi connectivity index (χ1) is 13.6. The Morgan fingerprint density at radius 3 is 2.71 bits per heavy atom. The number of nitrogens with one attached hydrogen (secondary N) is 1. The third-order valence-electron chi connectivity index (χ3n) is 4.31. The average molecular weight is 447 g/mol. The molecule has 0 bridgehead atoms. The summed E-state index contributed by atoms with van der Waals surface area (Å²) in [5, 5.41) is 2.87. The molecular weight excluding hydrogens is 424 g/mol. The van der Waals surface area contributed by atoms with Crippen molar-refractivity contribution in [3.05, 3.63) is 58.1 Å². The van der Waals surface area contributed by atoms with Gasteiger partial charge in [-0.2, -0.15) is 0 Å². The number of halogens is 1. The number of amides is 2. The molecule has 2 amide bonds. The number of hydrogen-bond acceptors (Lipinski definition) is 4. The lowest BCUT2D eigenvalue weighted by Crippen LogP contribution is -2.40. The van der Waals surface area contributed by atoms with Gasteiger partial charge in [0.2, 0.25) is 0 Å². The lowest BCUT2D eigenvalue weighted by Gasteiger charge is -2.27. The minimum atomic E-state index is -0.289. The van der Waals surface area contributed by atoms with Crippen LogP contribution in [-0.2, 0) is 4.74 Å². The number of benzene rings is 2. The van der Waals surface area contributed by atoms with Gasteiger partial charge in [0, 0.05) is 28.8 Å². The molecule has 148 valence electrons. The second-order valence-electron chi connectivity index (χ2n) is 6.43. The summed E-state index contributed by atoms with van der Waals surface area (Å²) in [6, 6.07) is 12.3. The molecule has 2 aromatic rings. The normalized spacial score (nSPS) is 13.9. The topological polar surface area (TPSA) is 67.9 Å². The monoisotopic (exact) mass is 446 g/mol. The highest BCUT2D eigenvalue weighted by Crippen LogP contribution is 2.25. The molecule has 28 heavy (non-hydrogen) atoms. The van der Waals surface area contributed by atoms with Gasteiger partial charge in [-0.25, -0.2) is 0 Å². The van der Waals surface area contributed by atoms with Gasteiger partial charge in [-0.05, 0) is 42.8 Å². The van der Waals surface area contributed by atoms with E-state index >= 15 is 0 Å². The van der Waals surface area contributed by atoms with Crippen molar-refractivity contribution in [3.63, 3.8) is 0 Å². The molecule has 0 aliphatic carbocycles. The van der Waals surface area contributed by atoms with Crippen LogP contribution in [0.5, 0.6) is 5.75 Å². The molecule has 1 heterocycles. The number of carbonyl (C=O) groups is 2. The van der Waals surface area contributed by atoms with Crippen molar-refractivity contribution >= 4 is 33.4 Å². The number of morpholine rings is 1. The maximum Gasteiger partial charge on any atom is 0.259 e. The second-order valence-corrected chi connectivity index (χ2v) is 7.34. The minimum Gasteiger partial charge on any atom is -0.493 e. The van der Waals surface area contributed by atoms with Crippen LogP contribution in [0.3, 0.4) is 0 Å². The second kappa shape index (κ2) is 9.71. The van der Waals surface area contributed by atoms with Gasteiger partial charge in [0.15, 0.2) is 0 Å². The van der Waals surface area contributed by atoms with Crippen LogP contribution in [0.4, 0.5) is 5.69 Å². The number of carbonyl (C=O) groups excluding carboxylic acids is 2. The van der Waals surface area contributed by atoms with E-state index in [0.29, 0.717) is 55.5 Å². The van der Waals surface area contributed by atoms with Gasteiger partial charge in [0.1, 0.15) is 5.75 Å². The molecule has 2 aromatic carbocycles. The summed E-state index contributed by atoms with van der Waals surface area (Å²) in [5.74, 6) is 0.181. The van der Waals surface area contributed by atoms with Crippen LogP contribution in [0.1, 0.15) is 34.1 Å². The van der Waals surface area contributed by atoms with E-state index in [-0.39, 0.29) is 11.8 Å². The summed E-state index contributed by atoms with van der Waals surface area (Å²) in [7, 11) is 0. The zero-order chi connectivity index (χ0) is 19.9. The van der Waals surface area contributed by atoms with Gasteiger partial charge in [-0.1, -0.05) is 28.9 Å². The summed E-state index contributed by atoms with van der Waals surface area (Å²) >= 11 is 3.40. The fraction of sp³-hybridized carbons (Fsp3) is 0.333. The first kappa shape index (κ1) is 20.4. The highest BCUT2D eigenvalue weighted by Gasteiger charge is 2.19. The zero-order valence-corrected chi connectivity index (χ0v) is 17.3. The van der Waals surface area contributed by atoms with Gasteiger partial charge >= 0.3 is 0 Å². The van der Waals surface area contributed by atoms with E-state index in [1.165, 1.54) is 0 Å². The Kier molecular flexibility index (Phi) is 7.06. The van der Waals surface area contributed by atoms with Gasteiger partial charge in [-0.3, -0.25) is 9.59 Å². The largest absolute Gasteiger partial charge is 0.493 e. The van der Waals surface area contributed by atoms with Gasteiger partial charge in [0.05, 0.1) is 25.4 Å². The third kappa shape index (κ3) is 5.11. The van der Waals surface area contributed by atoms with Crippen molar-refractivity contribution in [1.82, 2.24) is 4.90 Å². The van der Waals surface area contributed by atoms with E-state index in [2.05, 4.69) is 21.2 Å². The van der Waals surface area contributed by atoms with Crippen LogP contribution in [-0.4, -0.2) is 49.6 Å². The van der Waals surface area contributed by atoms with E-state index in [1.807, 2.05) is 13.0 Å². The average Bonchev–Trinajstić information content (AvgIpc) is 2.73. The molecule has 0 atom stereocenters. The van der Waals surface area contributed by atoms with E-state index in [0.717, 1.165) is 10.9 Å². The minimum absolute atomic E-state index is 0.0613. The van der Waals surface area contributed by atoms with Crippen LogP contribution in [0.15, 0.2) is 46.9 Å². The van der Waals surface area contributed by atoms with Crippen LogP contribution < -0.4 is 10.1 Å². The molecule has 7 heteroatoms. The molecule has 0 radical (unpaired) electrons. The maximum atomic E-state index is 12.8. The van der Waals surface area contributed by atoms with Crippen LogP contribution in [0.25, 0.3) is 0 Å². The molecule has 1 N–H and O–H groups in total. The summed E-state index contributed by atoms with van der Waals surface area (Å²) in [6.45, 7) is 4.79. The van der Waals surface area contributed by atoms with Gasteiger partial charge in [-0.15, -0.1) is 0 Å². The van der Waals surface area contributed by atoms with Gasteiger partial charge < -0.3 is 19.7 Å². The predicted octanol–water partition coefficient (Wildman–Crippen LogP) is 3.96. The van der Waals surface area contributed by atoms with E-state index in [4.69, 9.17) is 9.47 Å². The number of anilines is 1. The highest BCUT2D eigenvalue weighted by atomic mass is 79.9. The molecular formula is C21H23BrN2O4. The smallest absolute Gasteiger partial charge is 0.259 e. The molecule has 3 rings (SSSR count). The van der Waals surface area contributed by atoms with Crippen molar-refractivity contribution < 1.29 is 19.1 Å². The molecule has 1 aliphatic rings. The molecule has 1 saturated heterocycles. The zero-order valence-electron chi connectivity index (χ0n) is 15.7. The summed E-state index contributed by atoms with van der Waals surface area (Å²) < 4.78 is 11.8. The summed E-state index contributed by atoms with van der Waals surface area (Å²) in [4.78, 5) is 27.2. The number of ether oxygens (including phenoxy) is 2. The summed E-state index contributed by atoms with van der Waals surface area (Å²) in [6.07, 6.45) is 0.850. The van der Waals surface area contributed by atoms with E-state index < -0.39 is 0 Å². The quantitative estimate of drug-likeness (QED) is 0.728. The first-order valence-electron chi connectivity index (χ1n) is 9.29. The Labute approximate surface area is 172 Å². The Balaban J connectivity index is 1.76. The molecule has 0 aromatic heterocycles. The standard InChI is InChI=1S/C21H23BrN2O4/c1-2-10-28-19-7-6-16(22)14-18(19)20(25)23-17-5-3-4-15(13-17)21(26)24-8-11-27-12-9-24/h3-7,13-14H,2,8-12H2,1H3,(H,23,25). The van der Waals surface area contributed by atoms with Gasteiger partial charge in [0.25, 0.3) is 11.8 Å². The van der Waals surface area contributed by atoms with Crippen LogP contribution in [0, 0.1) is 0 Å². The lowest BCUT2D eigenvalue weighted by molar-refractivity contribution is 0.0303. The fourth-order valence-electron chi connectivity index (χ4n) is 2.89. The van der Waals surface area contributed by atoms with Crippen LogP contribution in [0.2, 0.25) is 0 Å². The molecule has 0 spiro atoms. The molecule has 1 fully saturated rings. The van der Waals surface area contributed by atoms with Crippen molar-refractivity contribution in [1.29, 1.82) is 0 Å². The predicted molar refractivity (Wildman–Crippen MR) is 111 cm³/mol. The van der Waals surface area contributed by atoms with Crippen LogP contribution >= 0.6 is 15.9 Å². The number of hydrogen-bond donors (Lipinski definition) is 1. The lowest BCUT2D eigenvalue weighted by atomic mass is 10.1. The van der Waals surface area contributed by atoms with Crippen molar-refractivity contribution in [2.24, 2.45) is 0 Å². The maximum absolute atomic E-state index is 12.8. The number of rotatable bonds is 6. The highest BCUT2D eigenvalue weighted by molar-refractivity contribution is 9.10.